The van der Waals surface area contributed by atoms with Crippen molar-refractivity contribution in [1.82, 2.24) is 9.91 Å². The predicted octanol–water partition coefficient (Wildman–Crippen LogP) is 6.72. The molecular formula is C36H52N6O. The maximum Gasteiger partial charge on any atom is 0.0434 e. The monoisotopic (exact) mass is 584 g/mol. The van der Waals surface area contributed by atoms with Crippen LogP contribution in [0.1, 0.15) is 57.2 Å². The first kappa shape index (κ1) is 35.1. The van der Waals surface area contributed by atoms with E-state index in [1.165, 1.54) is 33.5 Å². The van der Waals surface area contributed by atoms with Crippen LogP contribution in [0.15, 0.2) is 101 Å². The Kier molecular flexibility index (Phi) is 15.1. The molecule has 2 rings (SSSR count). The van der Waals surface area contributed by atoms with Crippen molar-refractivity contribution < 1.29 is 5.11 Å². The fourth-order valence-corrected chi connectivity index (χ4v) is 4.69. The highest BCUT2D eigenvalue weighted by Gasteiger charge is 2.11. The number of aryl methyl sites for hydroxylation is 1. The van der Waals surface area contributed by atoms with E-state index in [4.69, 9.17) is 11.6 Å². The number of nitrogens with two attached hydrogens (primary N) is 2. The van der Waals surface area contributed by atoms with Crippen LogP contribution in [0.3, 0.4) is 0 Å². The van der Waals surface area contributed by atoms with Crippen LogP contribution in [0.5, 0.6) is 0 Å². The average Bonchev–Trinajstić information content (AvgIpc) is 2.98. The summed E-state index contributed by atoms with van der Waals surface area (Å²) in [6.45, 7) is 12.5. The molecule has 1 unspecified atom stereocenters. The lowest BCUT2D eigenvalue weighted by Crippen LogP contribution is -2.22. The van der Waals surface area contributed by atoms with Gasteiger partial charge in [0.2, 0.25) is 0 Å². The minimum atomic E-state index is 0.210. The van der Waals surface area contributed by atoms with E-state index in [2.05, 4.69) is 117 Å². The summed E-state index contributed by atoms with van der Waals surface area (Å²) in [5.74, 6) is 6.31. The Morgan fingerprint density at radius 2 is 1.58 bits per heavy atom. The minimum Gasteiger partial charge on any atom is -0.404 e. The van der Waals surface area contributed by atoms with E-state index in [1.807, 2.05) is 6.20 Å². The molecule has 0 fully saturated rings. The van der Waals surface area contributed by atoms with Gasteiger partial charge in [0.05, 0.1) is 0 Å². The van der Waals surface area contributed by atoms with E-state index in [-0.39, 0.29) is 6.61 Å². The van der Waals surface area contributed by atoms with Gasteiger partial charge in [-0.15, -0.1) is 0 Å². The quantitative estimate of drug-likeness (QED) is 0.0756. The summed E-state index contributed by atoms with van der Waals surface area (Å²) in [5.41, 5.74) is 15.6. The topological polar surface area (TPSA) is 103 Å². The molecule has 0 saturated heterocycles. The molecule has 0 aromatic heterocycles. The number of hydrazine groups is 1. The summed E-state index contributed by atoms with van der Waals surface area (Å²) >= 11 is 0. The van der Waals surface area contributed by atoms with Crippen molar-refractivity contribution in [2.24, 2.45) is 22.5 Å². The molecule has 232 valence electrons. The Balaban J connectivity index is 2.20. The molecular weight excluding hydrogens is 532 g/mol. The number of aliphatic hydroxyl groups is 1. The molecule has 0 aliphatic rings. The van der Waals surface area contributed by atoms with Crippen molar-refractivity contribution in [2.75, 3.05) is 39.1 Å². The number of aliphatic imine (C=N–C) groups is 1. The van der Waals surface area contributed by atoms with Crippen LogP contribution in [0.4, 0.5) is 5.69 Å². The molecule has 6 N–H and O–H groups in total. The number of allylic oxidation sites excluding steroid dienone is 5. The lowest BCUT2D eigenvalue weighted by molar-refractivity contribution is 0.238. The van der Waals surface area contributed by atoms with Gasteiger partial charge in [-0.2, -0.15) is 0 Å². The highest BCUT2D eigenvalue weighted by atomic mass is 16.3. The van der Waals surface area contributed by atoms with E-state index in [1.54, 1.807) is 20.3 Å². The van der Waals surface area contributed by atoms with Crippen LogP contribution in [0.2, 0.25) is 0 Å². The molecule has 0 spiro atoms. The Morgan fingerprint density at radius 1 is 0.953 bits per heavy atom. The van der Waals surface area contributed by atoms with Gasteiger partial charge < -0.3 is 26.1 Å². The van der Waals surface area contributed by atoms with Gasteiger partial charge in [-0.25, -0.2) is 5.84 Å². The van der Waals surface area contributed by atoms with Gasteiger partial charge >= 0.3 is 0 Å². The summed E-state index contributed by atoms with van der Waals surface area (Å²) in [6.07, 6.45) is 13.4. The number of benzene rings is 2. The molecule has 0 aliphatic heterocycles. The van der Waals surface area contributed by atoms with Crippen molar-refractivity contribution in [3.8, 4) is 0 Å². The molecule has 1 atom stereocenters. The zero-order valence-electron chi connectivity index (χ0n) is 27.1. The van der Waals surface area contributed by atoms with Crippen molar-refractivity contribution in [3.63, 3.8) is 0 Å². The molecule has 0 aliphatic carbocycles. The lowest BCUT2D eigenvalue weighted by Gasteiger charge is -2.24. The molecule has 0 amide bonds. The number of hydrogen-bond acceptors (Lipinski definition) is 7. The fraction of sp³-hybridized carbons (Fsp3) is 0.361. The van der Waals surface area contributed by atoms with Crippen LogP contribution in [-0.4, -0.2) is 55.0 Å². The average molecular weight is 585 g/mol. The lowest BCUT2D eigenvalue weighted by atomic mass is 10.0. The third-order valence-corrected chi connectivity index (χ3v) is 7.24. The number of nitrogens with zero attached hydrogens (tertiary/aromatic N) is 3. The van der Waals surface area contributed by atoms with E-state index in [0.29, 0.717) is 5.92 Å². The Hall–Kier alpha value is -4.07. The van der Waals surface area contributed by atoms with E-state index < -0.39 is 0 Å². The van der Waals surface area contributed by atoms with Crippen molar-refractivity contribution in [3.05, 3.63) is 113 Å². The first-order chi connectivity index (χ1) is 20.6. The minimum absolute atomic E-state index is 0.210. The maximum absolute atomic E-state index is 9.56. The first-order valence-electron chi connectivity index (χ1n) is 15.0. The summed E-state index contributed by atoms with van der Waals surface area (Å²) < 4.78 is 0. The summed E-state index contributed by atoms with van der Waals surface area (Å²) in [7, 11) is 3.49. The molecule has 7 heteroatoms. The second-order valence-corrected chi connectivity index (χ2v) is 11.2. The van der Waals surface area contributed by atoms with Crippen LogP contribution in [0.25, 0.3) is 11.1 Å². The number of rotatable bonds is 16. The zero-order valence-corrected chi connectivity index (χ0v) is 27.1. The van der Waals surface area contributed by atoms with Gasteiger partial charge in [0.1, 0.15) is 0 Å². The van der Waals surface area contributed by atoms with Crippen molar-refractivity contribution >= 4 is 23.0 Å². The van der Waals surface area contributed by atoms with Crippen LogP contribution < -0.4 is 16.9 Å². The zero-order chi connectivity index (χ0) is 31.8. The van der Waals surface area contributed by atoms with Gasteiger partial charge in [-0.3, -0.25) is 4.99 Å². The fourth-order valence-electron chi connectivity index (χ4n) is 4.69. The Morgan fingerprint density at radius 3 is 2.14 bits per heavy atom. The Labute approximate surface area is 259 Å². The van der Waals surface area contributed by atoms with Crippen molar-refractivity contribution in [2.45, 2.75) is 47.5 Å². The highest BCUT2D eigenvalue weighted by Crippen LogP contribution is 2.22. The van der Waals surface area contributed by atoms with E-state index in [0.717, 1.165) is 53.9 Å². The maximum atomic E-state index is 9.56. The molecule has 2 aromatic rings. The van der Waals surface area contributed by atoms with Gasteiger partial charge in [-0.05, 0) is 86.1 Å². The molecule has 43 heavy (non-hydrogen) atoms. The van der Waals surface area contributed by atoms with Crippen LogP contribution >= 0.6 is 0 Å². The number of aliphatic hydroxyl groups excluding tert-OH is 1. The largest absolute Gasteiger partial charge is 0.404 e. The predicted molar refractivity (Wildman–Crippen MR) is 186 cm³/mol. The molecule has 7 nitrogen and oxygen atoms in total. The van der Waals surface area contributed by atoms with Gasteiger partial charge in [0, 0.05) is 81.6 Å². The second kappa shape index (κ2) is 18.5. The molecule has 0 radical (unpaired) electrons. The molecule has 0 bridgehead atoms. The van der Waals surface area contributed by atoms with E-state index >= 15 is 0 Å². The van der Waals surface area contributed by atoms with Crippen LogP contribution in [0, 0.1) is 12.8 Å². The van der Waals surface area contributed by atoms with Gasteiger partial charge in [0.25, 0.3) is 0 Å². The smallest absolute Gasteiger partial charge is 0.0434 e. The SMILES string of the molecule is CCC(CCO)CN(/C=C(\C)CNc1ccc(/C(C)=C/C(=C/N(C)N)C(C=NC)=CN)cc1)/C=C(\C)c1ccc(C)cc1. The third kappa shape index (κ3) is 12.4. The molecule has 0 heterocycles. The standard InChI is InChI=1S/C36H52N6O/c1-8-31(17-18-43)25-42(24-30(5)33-11-9-27(2)10-12-33)23-28(3)21-40-36-15-13-32(14-16-36)29(4)19-34(26-41(7)38)35(20-37)22-39-6/h9-16,19-20,22-24,26,31,40,43H,8,17-18,21,25,37-38H2,1-7H3/b28-23+,29-19+,30-24+,34-26-,35-20?,39-22?. The number of anilines is 1. The molecule has 2 aromatic carbocycles. The second-order valence-electron chi connectivity index (χ2n) is 11.2. The van der Waals surface area contributed by atoms with Crippen LogP contribution in [-0.2, 0) is 0 Å². The molecule has 0 saturated carbocycles. The van der Waals surface area contributed by atoms with Gasteiger partial charge in [-0.1, -0.05) is 55.3 Å². The Bertz CT molecular complexity index is 1310. The number of nitrogens with one attached hydrogen (secondary N) is 1. The normalized spacial score (nSPS) is 14.3. The van der Waals surface area contributed by atoms with E-state index in [9.17, 15) is 5.11 Å². The summed E-state index contributed by atoms with van der Waals surface area (Å²) in [6, 6.07) is 17.0. The third-order valence-electron chi connectivity index (χ3n) is 7.24. The number of hydrogen-bond donors (Lipinski definition) is 4. The first-order valence-corrected chi connectivity index (χ1v) is 15.0. The van der Waals surface area contributed by atoms with Crippen molar-refractivity contribution in [1.29, 1.82) is 0 Å². The summed E-state index contributed by atoms with van der Waals surface area (Å²) in [4.78, 5) is 6.39. The summed E-state index contributed by atoms with van der Waals surface area (Å²) in [5, 5.41) is 14.6. The van der Waals surface area contributed by atoms with Gasteiger partial charge in [0.15, 0.2) is 0 Å². The highest BCUT2D eigenvalue weighted by molar-refractivity contribution is 5.87.